The first kappa shape index (κ1) is 18.6. The third kappa shape index (κ3) is 3.01. The van der Waals surface area contributed by atoms with Crippen molar-refractivity contribution in [3.8, 4) is 5.75 Å². The van der Waals surface area contributed by atoms with Crippen LogP contribution in [0.4, 0.5) is 27.8 Å². The predicted octanol–water partition coefficient (Wildman–Crippen LogP) is 4.35. The lowest BCUT2D eigenvalue weighted by Crippen LogP contribution is -2.41. The summed E-state index contributed by atoms with van der Waals surface area (Å²) < 4.78 is 1.03. The standard InChI is InChI=1S/C19H15ClN6O3/c1-24-16-15(22-21-13-9-5-4-8-12(13)20)17(25(2)19(24)29)26(23-16)18(28)11-7-3-6-10-14(11)27/h3-10,27H,1-2H3. The number of urea groups is 1. The van der Waals surface area contributed by atoms with E-state index in [9.17, 15) is 14.7 Å². The summed E-state index contributed by atoms with van der Waals surface area (Å²) in [6.07, 6.45) is 0. The van der Waals surface area contributed by atoms with Crippen molar-refractivity contribution in [2.45, 2.75) is 0 Å². The Hall–Kier alpha value is -3.72. The maximum atomic E-state index is 13.0. The van der Waals surface area contributed by atoms with Crippen molar-refractivity contribution in [2.24, 2.45) is 10.2 Å². The Morgan fingerprint density at radius 3 is 2.45 bits per heavy atom. The number of aromatic hydroxyl groups is 1. The number of aromatic nitrogens is 2. The molecule has 0 atom stereocenters. The van der Waals surface area contributed by atoms with Crippen LogP contribution < -0.4 is 9.80 Å². The highest BCUT2D eigenvalue weighted by molar-refractivity contribution is 6.32. The van der Waals surface area contributed by atoms with Gasteiger partial charge >= 0.3 is 6.03 Å². The molecule has 2 aromatic carbocycles. The predicted molar refractivity (Wildman–Crippen MR) is 108 cm³/mol. The van der Waals surface area contributed by atoms with E-state index in [0.29, 0.717) is 10.7 Å². The number of fused-ring (bicyclic) bond motifs is 2. The molecule has 1 aliphatic heterocycles. The first-order valence-corrected chi connectivity index (χ1v) is 8.91. The van der Waals surface area contributed by atoms with Crippen molar-refractivity contribution < 1.29 is 14.7 Å². The molecular formula is C19H15ClN6O3. The quantitative estimate of drug-likeness (QED) is 0.648. The maximum absolute atomic E-state index is 13.0. The normalized spacial score (nSPS) is 13.4. The van der Waals surface area contributed by atoms with Crippen molar-refractivity contribution in [2.75, 3.05) is 23.9 Å². The molecule has 3 aromatic rings. The Labute approximate surface area is 170 Å². The van der Waals surface area contributed by atoms with E-state index in [1.165, 1.54) is 36.0 Å². The van der Waals surface area contributed by atoms with Gasteiger partial charge in [0.1, 0.15) is 11.4 Å². The number of carbonyl (C=O) groups excluding carboxylic acids is 2. The van der Waals surface area contributed by atoms with Crippen LogP contribution in [0.1, 0.15) is 10.4 Å². The van der Waals surface area contributed by atoms with Gasteiger partial charge in [-0.15, -0.1) is 15.3 Å². The molecule has 0 radical (unpaired) electrons. The smallest absolute Gasteiger partial charge is 0.330 e. The van der Waals surface area contributed by atoms with E-state index in [4.69, 9.17) is 11.6 Å². The van der Waals surface area contributed by atoms with Crippen LogP contribution in [0.5, 0.6) is 5.75 Å². The topological polar surface area (TPSA) is 103 Å². The van der Waals surface area contributed by atoms with Gasteiger partial charge in [0.2, 0.25) is 0 Å². The molecule has 9 nitrogen and oxygen atoms in total. The lowest BCUT2D eigenvalue weighted by atomic mass is 10.2. The summed E-state index contributed by atoms with van der Waals surface area (Å²) >= 11 is 6.12. The molecule has 0 unspecified atom stereocenters. The molecule has 10 heteroatoms. The molecule has 1 N–H and O–H groups in total. The number of phenols is 1. The molecule has 146 valence electrons. The number of hydrogen-bond donors (Lipinski definition) is 1. The summed E-state index contributed by atoms with van der Waals surface area (Å²) in [5.41, 5.74) is 0.712. The summed E-state index contributed by atoms with van der Waals surface area (Å²) in [6, 6.07) is 12.6. The fourth-order valence-electron chi connectivity index (χ4n) is 2.96. The van der Waals surface area contributed by atoms with Crippen LogP contribution in [-0.4, -0.2) is 40.9 Å². The average Bonchev–Trinajstić information content (AvgIpc) is 3.06. The van der Waals surface area contributed by atoms with Crippen LogP contribution in [0, 0.1) is 0 Å². The van der Waals surface area contributed by atoms with Crippen LogP contribution in [0.15, 0.2) is 58.8 Å². The number of para-hydroxylation sites is 1. The van der Waals surface area contributed by atoms with Gasteiger partial charge in [-0.05, 0) is 24.3 Å². The molecule has 29 heavy (non-hydrogen) atoms. The van der Waals surface area contributed by atoms with E-state index < -0.39 is 5.91 Å². The van der Waals surface area contributed by atoms with Gasteiger partial charge in [0.05, 0.1) is 10.6 Å². The van der Waals surface area contributed by atoms with Crippen molar-refractivity contribution in [3.63, 3.8) is 0 Å². The number of rotatable bonds is 3. The van der Waals surface area contributed by atoms with Crippen LogP contribution in [0.25, 0.3) is 0 Å². The number of carbonyl (C=O) groups is 2. The molecule has 2 heterocycles. The second-order valence-corrected chi connectivity index (χ2v) is 6.69. The number of azo groups is 1. The van der Waals surface area contributed by atoms with Crippen molar-refractivity contribution >= 4 is 46.5 Å². The van der Waals surface area contributed by atoms with Crippen LogP contribution in [0.2, 0.25) is 5.02 Å². The van der Waals surface area contributed by atoms with Gasteiger partial charge in [0, 0.05) is 14.1 Å². The fraction of sp³-hybridized carbons (Fsp3) is 0.105. The van der Waals surface area contributed by atoms with Crippen LogP contribution in [-0.2, 0) is 0 Å². The Morgan fingerprint density at radius 2 is 1.72 bits per heavy atom. The molecule has 0 aliphatic carbocycles. The number of nitrogens with zero attached hydrogens (tertiary/aromatic N) is 6. The lowest BCUT2D eigenvalue weighted by molar-refractivity contribution is 0.0945. The zero-order valence-electron chi connectivity index (χ0n) is 15.4. The number of anilines is 2. The van der Waals surface area contributed by atoms with E-state index in [-0.39, 0.29) is 34.7 Å². The summed E-state index contributed by atoms with van der Waals surface area (Å²) in [5, 5.41) is 23.1. The summed E-state index contributed by atoms with van der Waals surface area (Å²) in [7, 11) is 3.02. The summed E-state index contributed by atoms with van der Waals surface area (Å²) in [5.74, 6) is -0.482. The highest BCUT2D eigenvalue weighted by Crippen LogP contribution is 2.43. The highest BCUT2D eigenvalue weighted by atomic mass is 35.5. The van der Waals surface area contributed by atoms with E-state index in [1.54, 1.807) is 36.4 Å². The first-order chi connectivity index (χ1) is 13.9. The fourth-order valence-corrected chi connectivity index (χ4v) is 3.13. The lowest BCUT2D eigenvalue weighted by Gasteiger charge is -2.26. The SMILES string of the molecule is CN1C(=O)N(C)c2c(N=Nc3ccccc3Cl)c1nn2C(=O)c1ccccc1O. The minimum Gasteiger partial charge on any atom is -0.507 e. The Balaban J connectivity index is 1.86. The third-order valence-electron chi connectivity index (χ3n) is 4.47. The van der Waals surface area contributed by atoms with Crippen LogP contribution >= 0.6 is 11.6 Å². The van der Waals surface area contributed by atoms with E-state index in [0.717, 1.165) is 4.68 Å². The second-order valence-electron chi connectivity index (χ2n) is 6.28. The van der Waals surface area contributed by atoms with Gasteiger partial charge in [0.25, 0.3) is 5.91 Å². The summed E-state index contributed by atoms with van der Waals surface area (Å²) in [6.45, 7) is 0. The van der Waals surface area contributed by atoms with Gasteiger partial charge in [-0.1, -0.05) is 35.9 Å². The van der Waals surface area contributed by atoms with Gasteiger partial charge in [-0.3, -0.25) is 14.6 Å². The zero-order chi connectivity index (χ0) is 20.7. The average molecular weight is 411 g/mol. The van der Waals surface area contributed by atoms with Gasteiger partial charge < -0.3 is 5.11 Å². The van der Waals surface area contributed by atoms with E-state index >= 15 is 0 Å². The number of hydrogen-bond acceptors (Lipinski definition) is 6. The largest absolute Gasteiger partial charge is 0.507 e. The van der Waals surface area contributed by atoms with Crippen molar-refractivity contribution in [1.82, 2.24) is 9.78 Å². The second kappa shape index (κ2) is 7.02. The third-order valence-corrected chi connectivity index (χ3v) is 4.78. The molecule has 2 amide bonds. The van der Waals surface area contributed by atoms with E-state index in [2.05, 4.69) is 15.3 Å². The molecule has 1 aliphatic rings. The molecule has 0 saturated carbocycles. The Bertz CT molecular complexity index is 1170. The molecule has 1 aromatic heterocycles. The number of halogens is 1. The molecule has 4 rings (SSSR count). The summed E-state index contributed by atoms with van der Waals surface area (Å²) in [4.78, 5) is 28.0. The molecule has 0 saturated heterocycles. The monoisotopic (exact) mass is 410 g/mol. The first-order valence-electron chi connectivity index (χ1n) is 8.53. The minimum atomic E-state index is -0.603. The molecule has 2 bridgehead atoms. The Kier molecular flexibility index (Phi) is 4.51. The van der Waals surface area contributed by atoms with Crippen molar-refractivity contribution in [3.05, 3.63) is 59.1 Å². The number of amides is 2. The number of benzene rings is 2. The molecule has 0 spiro atoms. The molecular weight excluding hydrogens is 396 g/mol. The number of phenolic OH excluding ortho intramolecular Hbond substituents is 1. The van der Waals surface area contributed by atoms with Gasteiger partial charge in [-0.25, -0.2) is 4.79 Å². The molecule has 0 fully saturated rings. The van der Waals surface area contributed by atoms with Gasteiger partial charge in [-0.2, -0.15) is 4.68 Å². The minimum absolute atomic E-state index is 0.0443. The van der Waals surface area contributed by atoms with Gasteiger partial charge in [0.15, 0.2) is 17.3 Å². The zero-order valence-corrected chi connectivity index (χ0v) is 16.2. The van der Waals surface area contributed by atoms with Crippen LogP contribution in [0.3, 0.4) is 0 Å². The van der Waals surface area contributed by atoms with E-state index in [1.807, 2.05) is 0 Å². The van der Waals surface area contributed by atoms with Crippen molar-refractivity contribution in [1.29, 1.82) is 0 Å². The highest BCUT2D eigenvalue weighted by Gasteiger charge is 2.38. The Morgan fingerprint density at radius 1 is 1.03 bits per heavy atom. The maximum Gasteiger partial charge on any atom is 0.330 e.